The minimum atomic E-state index is 0.208. The standard InChI is InChI=1S/C15H15NO/c1-2-5-15(17)13-9-7-12(8-10-13)14-6-3-4-11-16-14/h3-4,6-11H,2,5H2,1H3. The van der Waals surface area contributed by atoms with Gasteiger partial charge in [0.2, 0.25) is 0 Å². The number of nitrogens with zero attached hydrogens (tertiary/aromatic N) is 1. The van der Waals surface area contributed by atoms with Gasteiger partial charge in [-0.3, -0.25) is 9.78 Å². The fourth-order valence-corrected chi connectivity index (χ4v) is 1.73. The van der Waals surface area contributed by atoms with E-state index in [0.29, 0.717) is 6.42 Å². The van der Waals surface area contributed by atoms with Gasteiger partial charge >= 0.3 is 0 Å². The van der Waals surface area contributed by atoms with Crippen LogP contribution < -0.4 is 0 Å². The van der Waals surface area contributed by atoms with Gasteiger partial charge in [0, 0.05) is 23.7 Å². The van der Waals surface area contributed by atoms with Crippen LogP contribution in [0.4, 0.5) is 0 Å². The molecule has 0 aliphatic heterocycles. The molecule has 1 heterocycles. The molecule has 0 fully saturated rings. The number of Topliss-reactive ketones (excluding diaryl/α,β-unsaturated/α-hetero) is 1. The van der Waals surface area contributed by atoms with E-state index in [1.165, 1.54) is 0 Å². The van der Waals surface area contributed by atoms with E-state index in [-0.39, 0.29) is 5.78 Å². The minimum absolute atomic E-state index is 0.208. The largest absolute Gasteiger partial charge is 0.294 e. The zero-order chi connectivity index (χ0) is 12.1. The SMILES string of the molecule is CCCC(=O)c1ccc(-c2ccccn2)cc1. The molecule has 0 atom stereocenters. The Morgan fingerprint density at radius 3 is 2.47 bits per heavy atom. The van der Waals surface area contributed by atoms with Gasteiger partial charge in [0.05, 0.1) is 5.69 Å². The van der Waals surface area contributed by atoms with Crippen molar-refractivity contribution < 1.29 is 4.79 Å². The molecular formula is C15H15NO. The van der Waals surface area contributed by atoms with Crippen LogP contribution in [0.5, 0.6) is 0 Å². The van der Waals surface area contributed by atoms with Crippen LogP contribution >= 0.6 is 0 Å². The summed E-state index contributed by atoms with van der Waals surface area (Å²) >= 11 is 0. The van der Waals surface area contributed by atoms with Crippen LogP contribution in [0, 0.1) is 0 Å². The number of carbonyl (C=O) groups is 1. The average Bonchev–Trinajstić information content (AvgIpc) is 2.40. The third kappa shape index (κ3) is 2.78. The van der Waals surface area contributed by atoms with Gasteiger partial charge in [-0.1, -0.05) is 37.3 Å². The molecule has 86 valence electrons. The highest BCUT2D eigenvalue weighted by molar-refractivity contribution is 5.96. The van der Waals surface area contributed by atoms with Gasteiger partial charge in [-0.2, -0.15) is 0 Å². The zero-order valence-corrected chi connectivity index (χ0v) is 9.89. The number of pyridine rings is 1. The molecule has 0 bridgehead atoms. The Hall–Kier alpha value is -1.96. The molecule has 0 amide bonds. The maximum absolute atomic E-state index is 11.7. The number of ketones is 1. The number of rotatable bonds is 4. The summed E-state index contributed by atoms with van der Waals surface area (Å²) in [5.41, 5.74) is 2.76. The van der Waals surface area contributed by atoms with Gasteiger partial charge in [0.1, 0.15) is 0 Å². The molecule has 0 spiro atoms. The number of hydrogen-bond acceptors (Lipinski definition) is 2. The minimum Gasteiger partial charge on any atom is -0.294 e. The maximum Gasteiger partial charge on any atom is 0.162 e. The van der Waals surface area contributed by atoms with Crippen molar-refractivity contribution in [2.75, 3.05) is 0 Å². The Morgan fingerprint density at radius 1 is 1.12 bits per heavy atom. The zero-order valence-electron chi connectivity index (χ0n) is 9.89. The molecular weight excluding hydrogens is 210 g/mol. The van der Waals surface area contributed by atoms with E-state index in [9.17, 15) is 4.79 Å². The highest BCUT2D eigenvalue weighted by Gasteiger charge is 2.04. The van der Waals surface area contributed by atoms with E-state index >= 15 is 0 Å². The lowest BCUT2D eigenvalue weighted by atomic mass is 10.0. The highest BCUT2D eigenvalue weighted by Crippen LogP contribution is 2.17. The Labute approximate surface area is 101 Å². The summed E-state index contributed by atoms with van der Waals surface area (Å²) < 4.78 is 0. The summed E-state index contributed by atoms with van der Waals surface area (Å²) in [6, 6.07) is 13.5. The summed E-state index contributed by atoms with van der Waals surface area (Å²) in [4.78, 5) is 16.0. The predicted octanol–water partition coefficient (Wildman–Crippen LogP) is 3.73. The van der Waals surface area contributed by atoms with E-state index in [0.717, 1.165) is 23.2 Å². The number of aromatic nitrogens is 1. The highest BCUT2D eigenvalue weighted by atomic mass is 16.1. The van der Waals surface area contributed by atoms with Crippen LogP contribution in [0.15, 0.2) is 48.7 Å². The topological polar surface area (TPSA) is 30.0 Å². The monoisotopic (exact) mass is 225 g/mol. The summed E-state index contributed by atoms with van der Waals surface area (Å²) in [6.07, 6.45) is 3.27. The Morgan fingerprint density at radius 2 is 1.88 bits per heavy atom. The molecule has 0 unspecified atom stereocenters. The first-order valence-corrected chi connectivity index (χ1v) is 5.86. The van der Waals surface area contributed by atoms with Crippen LogP contribution in [0.3, 0.4) is 0 Å². The lowest BCUT2D eigenvalue weighted by Gasteiger charge is -2.02. The fraction of sp³-hybridized carbons (Fsp3) is 0.200. The van der Waals surface area contributed by atoms with Crippen LogP contribution in [0.25, 0.3) is 11.3 Å². The first-order chi connectivity index (χ1) is 8.31. The summed E-state index contributed by atoms with van der Waals surface area (Å²) in [5.74, 6) is 0.208. The average molecular weight is 225 g/mol. The van der Waals surface area contributed by atoms with Crippen molar-refractivity contribution in [1.29, 1.82) is 0 Å². The first-order valence-electron chi connectivity index (χ1n) is 5.86. The molecule has 2 nitrogen and oxygen atoms in total. The molecule has 2 heteroatoms. The van der Waals surface area contributed by atoms with Crippen molar-refractivity contribution in [2.45, 2.75) is 19.8 Å². The van der Waals surface area contributed by atoms with Crippen molar-refractivity contribution in [3.05, 3.63) is 54.2 Å². The third-order valence-electron chi connectivity index (χ3n) is 2.64. The van der Waals surface area contributed by atoms with E-state index in [1.54, 1.807) is 6.20 Å². The second-order valence-corrected chi connectivity index (χ2v) is 3.97. The maximum atomic E-state index is 11.7. The van der Waals surface area contributed by atoms with Crippen LogP contribution in [-0.2, 0) is 0 Å². The van der Waals surface area contributed by atoms with Crippen molar-refractivity contribution >= 4 is 5.78 Å². The molecule has 1 aromatic carbocycles. The molecule has 0 aliphatic rings. The van der Waals surface area contributed by atoms with Gasteiger partial charge in [0.15, 0.2) is 5.78 Å². The van der Waals surface area contributed by atoms with Gasteiger partial charge in [-0.25, -0.2) is 0 Å². The molecule has 17 heavy (non-hydrogen) atoms. The Kier molecular flexibility index (Phi) is 3.66. The first kappa shape index (κ1) is 11.5. The summed E-state index contributed by atoms with van der Waals surface area (Å²) in [5, 5.41) is 0. The molecule has 2 rings (SSSR count). The molecule has 2 aromatic rings. The van der Waals surface area contributed by atoms with Crippen molar-refractivity contribution in [3.8, 4) is 11.3 Å². The molecule has 1 aromatic heterocycles. The summed E-state index contributed by atoms with van der Waals surface area (Å²) in [6.45, 7) is 2.01. The van der Waals surface area contributed by atoms with E-state index in [2.05, 4.69) is 4.98 Å². The molecule has 0 radical (unpaired) electrons. The summed E-state index contributed by atoms with van der Waals surface area (Å²) in [7, 11) is 0. The Balaban J connectivity index is 2.22. The van der Waals surface area contributed by atoms with Crippen molar-refractivity contribution in [1.82, 2.24) is 4.98 Å². The fourth-order valence-electron chi connectivity index (χ4n) is 1.73. The molecule has 0 N–H and O–H groups in total. The predicted molar refractivity (Wildman–Crippen MR) is 68.9 cm³/mol. The van der Waals surface area contributed by atoms with Gasteiger partial charge in [0.25, 0.3) is 0 Å². The molecule has 0 aliphatic carbocycles. The normalized spacial score (nSPS) is 10.2. The number of carbonyl (C=O) groups excluding carboxylic acids is 1. The third-order valence-corrected chi connectivity index (χ3v) is 2.64. The van der Waals surface area contributed by atoms with E-state index in [4.69, 9.17) is 0 Å². The Bertz CT molecular complexity index is 488. The van der Waals surface area contributed by atoms with Crippen molar-refractivity contribution in [3.63, 3.8) is 0 Å². The van der Waals surface area contributed by atoms with E-state index < -0.39 is 0 Å². The van der Waals surface area contributed by atoms with Gasteiger partial charge in [-0.05, 0) is 18.6 Å². The molecule has 0 saturated heterocycles. The van der Waals surface area contributed by atoms with Crippen LogP contribution in [-0.4, -0.2) is 10.8 Å². The molecule has 0 saturated carbocycles. The van der Waals surface area contributed by atoms with Crippen LogP contribution in [0.1, 0.15) is 30.1 Å². The van der Waals surface area contributed by atoms with Gasteiger partial charge < -0.3 is 0 Å². The van der Waals surface area contributed by atoms with Crippen LogP contribution in [0.2, 0.25) is 0 Å². The van der Waals surface area contributed by atoms with E-state index in [1.807, 2.05) is 49.4 Å². The number of hydrogen-bond donors (Lipinski definition) is 0. The second-order valence-electron chi connectivity index (χ2n) is 3.97. The van der Waals surface area contributed by atoms with Gasteiger partial charge in [-0.15, -0.1) is 0 Å². The lowest BCUT2D eigenvalue weighted by molar-refractivity contribution is 0.0982. The second kappa shape index (κ2) is 5.39. The van der Waals surface area contributed by atoms with Crippen molar-refractivity contribution in [2.24, 2.45) is 0 Å². The number of benzene rings is 1. The smallest absolute Gasteiger partial charge is 0.162 e. The lowest BCUT2D eigenvalue weighted by Crippen LogP contribution is -1.97. The quantitative estimate of drug-likeness (QED) is 0.742.